The lowest BCUT2D eigenvalue weighted by Gasteiger charge is -2.15. The minimum atomic E-state index is -0.951. The zero-order valence-corrected chi connectivity index (χ0v) is 8.70. The summed E-state index contributed by atoms with van der Waals surface area (Å²) in [6.45, 7) is 4.64. The molecule has 0 spiro atoms. The molecule has 1 fully saturated rings. The molecule has 0 aromatic heterocycles. The SMILES string of the molecule is COC(=O)[C@H]1OC(C)(C)O[C@@H]1C(C)=O. The van der Waals surface area contributed by atoms with Gasteiger partial charge in [-0.15, -0.1) is 0 Å². The molecule has 0 aromatic rings. The second-order valence-corrected chi connectivity index (χ2v) is 3.61. The minimum Gasteiger partial charge on any atom is -0.467 e. The predicted octanol–water partition coefficient (Wildman–Crippen LogP) is 0.268. The predicted molar refractivity (Wildman–Crippen MR) is 46.5 cm³/mol. The molecule has 1 aliphatic heterocycles. The van der Waals surface area contributed by atoms with Crippen LogP contribution < -0.4 is 0 Å². The molecule has 0 amide bonds. The van der Waals surface area contributed by atoms with Crippen LogP contribution in [0, 0.1) is 0 Å². The zero-order chi connectivity index (χ0) is 10.9. The highest BCUT2D eigenvalue weighted by Gasteiger charge is 2.48. The average molecular weight is 202 g/mol. The van der Waals surface area contributed by atoms with Crippen LogP contribution in [0.25, 0.3) is 0 Å². The molecule has 0 aliphatic carbocycles. The Balaban J connectivity index is 2.83. The van der Waals surface area contributed by atoms with E-state index in [0.717, 1.165) is 0 Å². The van der Waals surface area contributed by atoms with Gasteiger partial charge in [0.2, 0.25) is 0 Å². The maximum absolute atomic E-state index is 11.2. The quantitative estimate of drug-likeness (QED) is 0.601. The second kappa shape index (κ2) is 3.67. The number of ketones is 1. The van der Waals surface area contributed by atoms with E-state index >= 15 is 0 Å². The molecule has 0 aromatic carbocycles. The number of hydrogen-bond donors (Lipinski definition) is 0. The Morgan fingerprint density at radius 3 is 2.14 bits per heavy atom. The molecule has 1 aliphatic rings. The van der Waals surface area contributed by atoms with Crippen molar-refractivity contribution in [2.75, 3.05) is 7.11 Å². The molecule has 1 rings (SSSR count). The maximum atomic E-state index is 11.2. The van der Waals surface area contributed by atoms with Crippen LogP contribution in [0.3, 0.4) is 0 Å². The molecule has 1 saturated heterocycles. The van der Waals surface area contributed by atoms with Crippen LogP contribution in [0.4, 0.5) is 0 Å². The number of rotatable bonds is 2. The Morgan fingerprint density at radius 1 is 1.21 bits per heavy atom. The van der Waals surface area contributed by atoms with Crippen LogP contribution in [0.15, 0.2) is 0 Å². The van der Waals surface area contributed by atoms with E-state index in [0.29, 0.717) is 0 Å². The molecule has 5 heteroatoms. The standard InChI is InChI=1S/C9H14O5/c1-5(10)6-7(8(11)12-4)14-9(2,3)13-6/h6-7H,1-4H3/t6-,7+/m1/s1. The number of Topliss-reactive ketones (excluding diaryl/α,β-unsaturated/α-hetero) is 1. The number of esters is 1. The summed E-state index contributed by atoms with van der Waals surface area (Å²) >= 11 is 0. The Morgan fingerprint density at radius 2 is 1.71 bits per heavy atom. The lowest BCUT2D eigenvalue weighted by atomic mass is 10.1. The first-order chi connectivity index (χ1) is 6.37. The lowest BCUT2D eigenvalue weighted by Crippen LogP contribution is -2.36. The van der Waals surface area contributed by atoms with Crippen molar-refractivity contribution >= 4 is 11.8 Å². The van der Waals surface area contributed by atoms with E-state index in [1.165, 1.54) is 14.0 Å². The Labute approximate surface area is 82.3 Å². The summed E-state index contributed by atoms with van der Waals surface area (Å²) < 4.78 is 15.0. The molecule has 2 atom stereocenters. The summed E-state index contributed by atoms with van der Waals surface area (Å²) in [7, 11) is 1.24. The number of hydrogen-bond acceptors (Lipinski definition) is 5. The number of carbonyl (C=O) groups excluding carboxylic acids is 2. The largest absolute Gasteiger partial charge is 0.467 e. The van der Waals surface area contributed by atoms with Gasteiger partial charge in [-0.2, -0.15) is 0 Å². The molecule has 0 bridgehead atoms. The topological polar surface area (TPSA) is 61.8 Å². The molecule has 0 saturated carbocycles. The first-order valence-corrected chi connectivity index (χ1v) is 4.31. The van der Waals surface area contributed by atoms with Crippen LogP contribution >= 0.6 is 0 Å². The van der Waals surface area contributed by atoms with E-state index in [9.17, 15) is 9.59 Å². The van der Waals surface area contributed by atoms with Crippen LogP contribution in [0.5, 0.6) is 0 Å². The monoisotopic (exact) mass is 202 g/mol. The van der Waals surface area contributed by atoms with Crippen molar-refractivity contribution in [2.45, 2.75) is 38.8 Å². The zero-order valence-electron chi connectivity index (χ0n) is 8.70. The average Bonchev–Trinajstić information content (AvgIpc) is 2.40. The van der Waals surface area contributed by atoms with Gasteiger partial charge >= 0.3 is 5.97 Å². The van der Waals surface area contributed by atoms with Crippen LogP contribution in [0.2, 0.25) is 0 Å². The van der Waals surface area contributed by atoms with Crippen LogP contribution in [0.1, 0.15) is 20.8 Å². The highest BCUT2D eigenvalue weighted by Crippen LogP contribution is 2.29. The van der Waals surface area contributed by atoms with Crippen molar-refractivity contribution in [1.29, 1.82) is 0 Å². The summed E-state index contributed by atoms with van der Waals surface area (Å²) in [5.74, 6) is -1.75. The summed E-state index contributed by atoms with van der Waals surface area (Å²) in [6, 6.07) is 0. The van der Waals surface area contributed by atoms with Crippen molar-refractivity contribution in [3.63, 3.8) is 0 Å². The molecule has 5 nitrogen and oxygen atoms in total. The van der Waals surface area contributed by atoms with Gasteiger partial charge in [-0.25, -0.2) is 4.79 Å². The fourth-order valence-corrected chi connectivity index (χ4v) is 1.35. The van der Waals surface area contributed by atoms with Crippen molar-refractivity contribution in [1.82, 2.24) is 0 Å². The Hall–Kier alpha value is -0.940. The molecule has 0 unspecified atom stereocenters. The fraction of sp³-hybridized carbons (Fsp3) is 0.778. The van der Waals surface area contributed by atoms with E-state index in [2.05, 4.69) is 4.74 Å². The third-order valence-corrected chi connectivity index (χ3v) is 1.93. The van der Waals surface area contributed by atoms with E-state index in [4.69, 9.17) is 9.47 Å². The normalized spacial score (nSPS) is 30.0. The third-order valence-electron chi connectivity index (χ3n) is 1.93. The lowest BCUT2D eigenvalue weighted by molar-refractivity contribution is -0.168. The van der Waals surface area contributed by atoms with E-state index < -0.39 is 24.0 Å². The first-order valence-electron chi connectivity index (χ1n) is 4.31. The van der Waals surface area contributed by atoms with Gasteiger partial charge in [0.25, 0.3) is 0 Å². The van der Waals surface area contributed by atoms with E-state index in [1.807, 2.05) is 0 Å². The number of carbonyl (C=O) groups is 2. The minimum absolute atomic E-state index is 0.244. The third kappa shape index (κ3) is 2.10. The van der Waals surface area contributed by atoms with Gasteiger partial charge in [0.1, 0.15) is 0 Å². The van der Waals surface area contributed by atoms with Crippen LogP contribution in [-0.2, 0) is 23.8 Å². The van der Waals surface area contributed by atoms with Gasteiger partial charge in [0.15, 0.2) is 23.8 Å². The van der Waals surface area contributed by atoms with Crippen molar-refractivity contribution in [3.05, 3.63) is 0 Å². The van der Waals surface area contributed by atoms with Gasteiger partial charge in [-0.05, 0) is 20.8 Å². The van der Waals surface area contributed by atoms with Gasteiger partial charge in [0, 0.05) is 0 Å². The maximum Gasteiger partial charge on any atom is 0.338 e. The summed E-state index contributed by atoms with van der Waals surface area (Å²) in [5.41, 5.74) is 0. The number of ether oxygens (including phenoxy) is 3. The molecule has 14 heavy (non-hydrogen) atoms. The molecule has 1 heterocycles. The molecular weight excluding hydrogens is 188 g/mol. The Kier molecular flexibility index (Phi) is 2.92. The first kappa shape index (κ1) is 11.1. The smallest absolute Gasteiger partial charge is 0.338 e. The van der Waals surface area contributed by atoms with Crippen molar-refractivity contribution in [3.8, 4) is 0 Å². The van der Waals surface area contributed by atoms with Crippen molar-refractivity contribution in [2.24, 2.45) is 0 Å². The molecule has 80 valence electrons. The summed E-state index contributed by atoms with van der Waals surface area (Å²) in [4.78, 5) is 22.4. The molecule has 0 N–H and O–H groups in total. The highest BCUT2D eigenvalue weighted by atomic mass is 16.8. The van der Waals surface area contributed by atoms with Crippen molar-refractivity contribution < 1.29 is 23.8 Å². The molecular formula is C9H14O5. The number of methoxy groups -OCH3 is 1. The second-order valence-electron chi connectivity index (χ2n) is 3.61. The van der Waals surface area contributed by atoms with Gasteiger partial charge < -0.3 is 14.2 Å². The fourth-order valence-electron chi connectivity index (χ4n) is 1.35. The van der Waals surface area contributed by atoms with Crippen LogP contribution in [-0.4, -0.2) is 36.9 Å². The van der Waals surface area contributed by atoms with Gasteiger partial charge in [-0.1, -0.05) is 0 Å². The highest BCUT2D eigenvalue weighted by molar-refractivity contribution is 5.89. The summed E-state index contributed by atoms with van der Waals surface area (Å²) in [6.07, 6.45) is -1.81. The molecule has 0 radical (unpaired) electrons. The Bertz CT molecular complexity index is 258. The summed E-state index contributed by atoms with van der Waals surface area (Å²) in [5, 5.41) is 0. The van der Waals surface area contributed by atoms with Gasteiger partial charge in [-0.3, -0.25) is 4.79 Å². The van der Waals surface area contributed by atoms with Gasteiger partial charge in [0.05, 0.1) is 7.11 Å². The van der Waals surface area contributed by atoms with E-state index in [-0.39, 0.29) is 5.78 Å². The van der Waals surface area contributed by atoms with E-state index in [1.54, 1.807) is 13.8 Å².